The van der Waals surface area contributed by atoms with Crippen LogP contribution in [-0.2, 0) is 11.2 Å². The van der Waals surface area contributed by atoms with Crippen LogP contribution in [-0.4, -0.2) is 34.1 Å². The standard InChI is InChI=1S/C18H23Cl2NO2/c1-18(23)7-4-15(5-8-18)21-9-6-13(17(21)22)10-12-2-3-14(19)11-16(12)20/h2-3,11,13,15,23H,4-10H2,1H3. The van der Waals surface area contributed by atoms with Crippen LogP contribution >= 0.6 is 23.2 Å². The van der Waals surface area contributed by atoms with Crippen LogP contribution < -0.4 is 0 Å². The Morgan fingerprint density at radius 3 is 2.61 bits per heavy atom. The van der Waals surface area contributed by atoms with E-state index < -0.39 is 5.60 Å². The smallest absolute Gasteiger partial charge is 0.226 e. The first-order chi connectivity index (χ1) is 10.9. The summed E-state index contributed by atoms with van der Waals surface area (Å²) in [4.78, 5) is 14.8. The summed E-state index contributed by atoms with van der Waals surface area (Å²) in [6.07, 6.45) is 4.89. The minimum Gasteiger partial charge on any atom is -0.390 e. The molecule has 126 valence electrons. The topological polar surface area (TPSA) is 40.5 Å². The third-order valence-corrected chi connectivity index (χ3v) is 5.89. The predicted molar refractivity (Wildman–Crippen MR) is 92.9 cm³/mol. The van der Waals surface area contributed by atoms with Gasteiger partial charge in [0.1, 0.15) is 0 Å². The van der Waals surface area contributed by atoms with Crippen molar-refractivity contribution in [1.29, 1.82) is 0 Å². The Morgan fingerprint density at radius 2 is 1.96 bits per heavy atom. The summed E-state index contributed by atoms with van der Waals surface area (Å²) in [6, 6.07) is 5.76. The first kappa shape index (κ1) is 17.1. The highest BCUT2D eigenvalue weighted by molar-refractivity contribution is 6.35. The normalized spacial score (nSPS) is 31.7. The molecule has 1 aromatic carbocycles. The molecule has 0 bridgehead atoms. The Hall–Kier alpha value is -0.770. The molecule has 1 unspecified atom stereocenters. The Morgan fingerprint density at radius 1 is 1.26 bits per heavy atom. The zero-order valence-electron chi connectivity index (χ0n) is 13.4. The number of aliphatic hydroxyl groups is 1. The second-order valence-corrected chi connectivity index (χ2v) is 8.03. The lowest BCUT2D eigenvalue weighted by Crippen LogP contribution is -2.43. The maximum absolute atomic E-state index is 12.7. The molecule has 3 rings (SSSR count). The lowest BCUT2D eigenvalue weighted by molar-refractivity contribution is -0.134. The van der Waals surface area contributed by atoms with E-state index in [0.29, 0.717) is 16.5 Å². The molecule has 1 aliphatic heterocycles. The molecule has 0 radical (unpaired) electrons. The zero-order valence-corrected chi connectivity index (χ0v) is 14.9. The fourth-order valence-electron chi connectivity index (χ4n) is 3.80. The number of benzene rings is 1. The van der Waals surface area contributed by atoms with E-state index in [4.69, 9.17) is 23.2 Å². The molecule has 1 N–H and O–H groups in total. The number of halogens is 2. The van der Waals surface area contributed by atoms with Crippen LogP contribution in [0.5, 0.6) is 0 Å². The predicted octanol–water partition coefficient (Wildman–Crippen LogP) is 4.08. The lowest BCUT2D eigenvalue weighted by Gasteiger charge is -2.37. The van der Waals surface area contributed by atoms with Crippen molar-refractivity contribution in [3.63, 3.8) is 0 Å². The van der Waals surface area contributed by atoms with Gasteiger partial charge in [0.15, 0.2) is 0 Å². The van der Waals surface area contributed by atoms with Crippen molar-refractivity contribution in [2.24, 2.45) is 5.92 Å². The third-order valence-electron chi connectivity index (χ3n) is 5.31. The van der Waals surface area contributed by atoms with Gasteiger partial charge in [-0.15, -0.1) is 0 Å². The molecule has 5 heteroatoms. The molecule has 2 aliphatic rings. The molecule has 23 heavy (non-hydrogen) atoms. The first-order valence-corrected chi connectivity index (χ1v) is 9.08. The van der Waals surface area contributed by atoms with E-state index in [-0.39, 0.29) is 17.9 Å². The average molecular weight is 356 g/mol. The Labute approximate surface area is 147 Å². The van der Waals surface area contributed by atoms with Gasteiger partial charge in [0, 0.05) is 28.5 Å². The molecule has 1 atom stereocenters. The largest absolute Gasteiger partial charge is 0.390 e. The van der Waals surface area contributed by atoms with Gasteiger partial charge in [0.25, 0.3) is 0 Å². The van der Waals surface area contributed by atoms with Crippen LogP contribution in [0.3, 0.4) is 0 Å². The Balaban J connectivity index is 1.63. The highest BCUT2D eigenvalue weighted by Gasteiger charge is 2.39. The van der Waals surface area contributed by atoms with E-state index in [2.05, 4.69) is 0 Å². The van der Waals surface area contributed by atoms with Crippen molar-refractivity contribution in [3.8, 4) is 0 Å². The molecule has 1 heterocycles. The first-order valence-electron chi connectivity index (χ1n) is 8.32. The fourth-order valence-corrected chi connectivity index (χ4v) is 4.29. The monoisotopic (exact) mass is 355 g/mol. The van der Waals surface area contributed by atoms with Crippen LogP contribution in [0.4, 0.5) is 0 Å². The van der Waals surface area contributed by atoms with Crippen molar-refractivity contribution >= 4 is 29.1 Å². The molecule has 2 fully saturated rings. The number of likely N-dealkylation sites (tertiary alicyclic amines) is 1. The van der Waals surface area contributed by atoms with Crippen molar-refractivity contribution in [3.05, 3.63) is 33.8 Å². The Kier molecular flexibility index (Phi) is 4.91. The molecule has 1 aliphatic carbocycles. The van der Waals surface area contributed by atoms with Gasteiger partial charge in [-0.25, -0.2) is 0 Å². The Bertz CT molecular complexity index is 593. The van der Waals surface area contributed by atoms with Gasteiger partial charge in [-0.05, 0) is 63.1 Å². The second-order valence-electron chi connectivity index (χ2n) is 7.19. The van der Waals surface area contributed by atoms with Crippen LogP contribution in [0.15, 0.2) is 18.2 Å². The van der Waals surface area contributed by atoms with Crippen LogP contribution in [0.2, 0.25) is 10.0 Å². The minimum absolute atomic E-state index is 0.0103. The number of nitrogens with zero attached hydrogens (tertiary/aromatic N) is 1. The minimum atomic E-state index is -0.560. The number of hydrogen-bond donors (Lipinski definition) is 1. The highest BCUT2D eigenvalue weighted by Crippen LogP contribution is 2.35. The van der Waals surface area contributed by atoms with Gasteiger partial charge in [0.05, 0.1) is 5.60 Å². The molecule has 1 aromatic rings. The van der Waals surface area contributed by atoms with Crippen molar-refractivity contribution in [2.75, 3.05) is 6.54 Å². The molecule has 1 saturated carbocycles. The van der Waals surface area contributed by atoms with Gasteiger partial charge < -0.3 is 10.0 Å². The van der Waals surface area contributed by atoms with Crippen LogP contribution in [0.1, 0.15) is 44.6 Å². The summed E-state index contributed by atoms with van der Waals surface area (Å²) in [5, 5.41) is 11.3. The third kappa shape index (κ3) is 3.84. The summed E-state index contributed by atoms with van der Waals surface area (Å²) < 4.78 is 0. The number of carbonyl (C=O) groups excluding carboxylic acids is 1. The van der Waals surface area contributed by atoms with Gasteiger partial charge in [-0.3, -0.25) is 4.79 Å². The van der Waals surface area contributed by atoms with Crippen molar-refractivity contribution in [1.82, 2.24) is 4.90 Å². The van der Waals surface area contributed by atoms with E-state index in [1.807, 2.05) is 24.0 Å². The van der Waals surface area contributed by atoms with E-state index in [1.165, 1.54) is 0 Å². The van der Waals surface area contributed by atoms with E-state index in [9.17, 15) is 9.90 Å². The zero-order chi connectivity index (χ0) is 16.6. The highest BCUT2D eigenvalue weighted by atomic mass is 35.5. The van der Waals surface area contributed by atoms with E-state index >= 15 is 0 Å². The van der Waals surface area contributed by atoms with Crippen molar-refractivity contribution < 1.29 is 9.90 Å². The van der Waals surface area contributed by atoms with E-state index in [1.54, 1.807) is 6.07 Å². The second kappa shape index (κ2) is 6.62. The molecular weight excluding hydrogens is 333 g/mol. The fraction of sp³-hybridized carbons (Fsp3) is 0.611. The molecule has 3 nitrogen and oxygen atoms in total. The number of rotatable bonds is 3. The number of hydrogen-bond acceptors (Lipinski definition) is 2. The van der Waals surface area contributed by atoms with Gasteiger partial charge >= 0.3 is 0 Å². The lowest BCUT2D eigenvalue weighted by atomic mass is 9.83. The summed E-state index contributed by atoms with van der Waals surface area (Å²) in [7, 11) is 0. The summed E-state index contributed by atoms with van der Waals surface area (Å²) >= 11 is 12.2. The van der Waals surface area contributed by atoms with Gasteiger partial charge in [0.2, 0.25) is 5.91 Å². The maximum atomic E-state index is 12.7. The molecule has 1 amide bonds. The van der Waals surface area contributed by atoms with Gasteiger partial charge in [-0.1, -0.05) is 29.3 Å². The van der Waals surface area contributed by atoms with E-state index in [0.717, 1.165) is 44.2 Å². The van der Waals surface area contributed by atoms with Crippen LogP contribution in [0.25, 0.3) is 0 Å². The molecule has 1 saturated heterocycles. The average Bonchev–Trinajstić information content (AvgIpc) is 2.83. The van der Waals surface area contributed by atoms with Gasteiger partial charge in [-0.2, -0.15) is 0 Å². The summed E-state index contributed by atoms with van der Waals surface area (Å²) in [5.41, 5.74) is 0.429. The van der Waals surface area contributed by atoms with Crippen molar-refractivity contribution in [2.45, 2.75) is 57.1 Å². The van der Waals surface area contributed by atoms with Crippen LogP contribution in [0, 0.1) is 5.92 Å². The summed E-state index contributed by atoms with van der Waals surface area (Å²) in [5.74, 6) is 0.249. The molecule has 0 spiro atoms. The molecular formula is C18H23Cl2NO2. The molecule has 0 aromatic heterocycles. The number of amides is 1. The maximum Gasteiger partial charge on any atom is 0.226 e. The summed E-state index contributed by atoms with van der Waals surface area (Å²) in [6.45, 7) is 2.71. The quantitative estimate of drug-likeness (QED) is 0.887. The number of carbonyl (C=O) groups is 1. The SMILES string of the molecule is CC1(O)CCC(N2CCC(Cc3ccc(Cl)cc3Cl)C2=O)CC1.